The lowest BCUT2D eigenvalue weighted by Gasteiger charge is -2.15. The van der Waals surface area contributed by atoms with Gasteiger partial charge in [-0.15, -0.1) is 11.3 Å². The van der Waals surface area contributed by atoms with Gasteiger partial charge in [0.1, 0.15) is 4.70 Å². The van der Waals surface area contributed by atoms with Crippen LogP contribution in [0.25, 0.3) is 32.1 Å². The number of benzene rings is 2. The number of thiophene rings is 1. The number of aliphatic hydroxyl groups excluding tert-OH is 1. The highest BCUT2D eigenvalue weighted by Gasteiger charge is 2.16. The summed E-state index contributed by atoms with van der Waals surface area (Å²) >= 11 is 1.39. The standard InChI is InChI=1S/C21H19NO4S2/c1-12-9-13(3-4-15(12)11-28(2,25)26)18-14(10-23)5-6-17-19(18)16-7-8-27-20(16)21(24)22-17/h3-9,23H,10-11H2,1-2H3,(H,22,24). The maximum Gasteiger partial charge on any atom is 0.266 e. The first-order chi connectivity index (χ1) is 13.3. The van der Waals surface area contributed by atoms with Gasteiger partial charge in [0.15, 0.2) is 9.84 Å². The van der Waals surface area contributed by atoms with E-state index in [9.17, 15) is 18.3 Å². The molecule has 4 rings (SSSR count). The third kappa shape index (κ3) is 3.26. The maximum absolute atomic E-state index is 12.3. The lowest BCUT2D eigenvalue weighted by atomic mass is 9.92. The number of aliphatic hydroxyl groups is 1. The lowest BCUT2D eigenvalue weighted by molar-refractivity contribution is 0.282. The summed E-state index contributed by atoms with van der Waals surface area (Å²) in [5.41, 5.74) is 4.70. The summed E-state index contributed by atoms with van der Waals surface area (Å²) in [7, 11) is -3.13. The molecule has 0 saturated heterocycles. The molecule has 2 aromatic carbocycles. The fourth-order valence-electron chi connectivity index (χ4n) is 3.65. The van der Waals surface area contributed by atoms with Gasteiger partial charge in [0.25, 0.3) is 5.56 Å². The molecule has 2 N–H and O–H groups in total. The van der Waals surface area contributed by atoms with Crippen molar-refractivity contribution in [2.75, 3.05) is 6.26 Å². The zero-order valence-electron chi connectivity index (χ0n) is 15.4. The van der Waals surface area contributed by atoms with Gasteiger partial charge in [0.2, 0.25) is 0 Å². The molecule has 0 radical (unpaired) electrons. The van der Waals surface area contributed by atoms with Gasteiger partial charge in [0, 0.05) is 22.5 Å². The molecule has 0 fully saturated rings. The van der Waals surface area contributed by atoms with E-state index in [0.717, 1.165) is 38.6 Å². The smallest absolute Gasteiger partial charge is 0.266 e. The first kappa shape index (κ1) is 18.9. The molecule has 0 bridgehead atoms. The van der Waals surface area contributed by atoms with Crippen LogP contribution in [0.1, 0.15) is 16.7 Å². The number of nitrogens with one attached hydrogen (secondary N) is 1. The number of rotatable bonds is 4. The molecule has 5 nitrogen and oxygen atoms in total. The highest BCUT2D eigenvalue weighted by Crippen LogP contribution is 2.37. The Morgan fingerprint density at radius 3 is 2.54 bits per heavy atom. The third-order valence-electron chi connectivity index (χ3n) is 4.90. The molecule has 0 aliphatic carbocycles. The van der Waals surface area contributed by atoms with E-state index in [1.165, 1.54) is 17.6 Å². The second-order valence-corrected chi connectivity index (χ2v) is 10.1. The number of sulfone groups is 1. The molecule has 28 heavy (non-hydrogen) atoms. The second-order valence-electron chi connectivity index (χ2n) is 7.01. The maximum atomic E-state index is 12.3. The predicted octanol–water partition coefficient (Wildman–Crippen LogP) is 3.76. The Bertz CT molecular complexity index is 1380. The second kappa shape index (κ2) is 6.84. The van der Waals surface area contributed by atoms with Crippen LogP contribution in [0.15, 0.2) is 46.6 Å². The van der Waals surface area contributed by atoms with Crippen LogP contribution in [-0.2, 0) is 22.2 Å². The SMILES string of the molecule is Cc1cc(-c2c(CO)ccc3[nH]c(=O)c4sccc4c23)ccc1CS(C)(=O)=O. The molecule has 0 atom stereocenters. The Morgan fingerprint density at radius 2 is 1.86 bits per heavy atom. The zero-order valence-corrected chi connectivity index (χ0v) is 17.1. The van der Waals surface area contributed by atoms with E-state index in [1.54, 1.807) is 0 Å². The molecule has 0 saturated carbocycles. The minimum Gasteiger partial charge on any atom is -0.392 e. The van der Waals surface area contributed by atoms with E-state index in [0.29, 0.717) is 10.2 Å². The summed E-state index contributed by atoms with van der Waals surface area (Å²) in [5, 5.41) is 13.6. The largest absolute Gasteiger partial charge is 0.392 e. The van der Waals surface area contributed by atoms with E-state index in [2.05, 4.69) is 4.98 Å². The molecule has 0 amide bonds. The van der Waals surface area contributed by atoms with Gasteiger partial charge in [-0.3, -0.25) is 4.79 Å². The summed E-state index contributed by atoms with van der Waals surface area (Å²) in [6.45, 7) is 1.75. The summed E-state index contributed by atoms with van der Waals surface area (Å²) < 4.78 is 24.0. The first-order valence-electron chi connectivity index (χ1n) is 8.72. The molecule has 144 valence electrons. The van der Waals surface area contributed by atoms with Crippen LogP contribution >= 0.6 is 11.3 Å². The molecule has 0 unspecified atom stereocenters. The first-order valence-corrected chi connectivity index (χ1v) is 11.7. The lowest BCUT2D eigenvalue weighted by Crippen LogP contribution is -2.06. The normalized spacial score (nSPS) is 12.1. The summed E-state index contributed by atoms with van der Waals surface area (Å²) in [5.74, 6) is -0.0103. The van der Waals surface area contributed by atoms with Crippen LogP contribution in [0.3, 0.4) is 0 Å². The van der Waals surface area contributed by atoms with Gasteiger partial charge in [-0.05, 0) is 52.3 Å². The molecule has 0 aliphatic heterocycles. The fourth-order valence-corrected chi connectivity index (χ4v) is 5.33. The predicted molar refractivity (Wildman–Crippen MR) is 115 cm³/mol. The van der Waals surface area contributed by atoms with Gasteiger partial charge in [0.05, 0.1) is 12.4 Å². The number of fused-ring (bicyclic) bond motifs is 3. The average molecular weight is 414 g/mol. The van der Waals surface area contributed by atoms with Crippen molar-refractivity contribution in [2.24, 2.45) is 0 Å². The fraction of sp³-hybridized carbons (Fsp3) is 0.190. The van der Waals surface area contributed by atoms with Crippen LogP contribution in [0, 0.1) is 6.92 Å². The number of aromatic nitrogens is 1. The van der Waals surface area contributed by atoms with Gasteiger partial charge in [-0.25, -0.2) is 8.42 Å². The monoisotopic (exact) mass is 413 g/mol. The van der Waals surface area contributed by atoms with Crippen LogP contribution in [0.5, 0.6) is 0 Å². The van der Waals surface area contributed by atoms with E-state index in [-0.39, 0.29) is 17.9 Å². The number of aromatic amines is 1. The van der Waals surface area contributed by atoms with Gasteiger partial charge in [-0.2, -0.15) is 0 Å². The topological polar surface area (TPSA) is 87.2 Å². The van der Waals surface area contributed by atoms with Crippen molar-refractivity contribution >= 4 is 42.2 Å². The van der Waals surface area contributed by atoms with E-state index in [4.69, 9.17) is 0 Å². The van der Waals surface area contributed by atoms with Crippen molar-refractivity contribution in [3.8, 4) is 11.1 Å². The molecule has 2 heterocycles. The van der Waals surface area contributed by atoms with E-state index in [1.807, 2.05) is 48.7 Å². The molecule has 4 aromatic rings. The highest BCUT2D eigenvalue weighted by molar-refractivity contribution is 7.89. The van der Waals surface area contributed by atoms with Gasteiger partial charge < -0.3 is 10.1 Å². The summed E-state index contributed by atoms with van der Waals surface area (Å²) in [4.78, 5) is 15.3. The van der Waals surface area contributed by atoms with Gasteiger partial charge >= 0.3 is 0 Å². The Balaban J connectivity index is 2.04. The minimum absolute atomic E-state index is 0.0103. The van der Waals surface area contributed by atoms with Crippen molar-refractivity contribution in [3.63, 3.8) is 0 Å². The molecular formula is C21H19NO4S2. The molecule has 7 heteroatoms. The summed E-state index contributed by atoms with van der Waals surface area (Å²) in [6.07, 6.45) is 1.22. The number of pyridine rings is 1. The van der Waals surface area contributed by atoms with E-state index < -0.39 is 9.84 Å². The number of hydrogen-bond acceptors (Lipinski definition) is 5. The quantitative estimate of drug-likeness (QED) is 0.533. The van der Waals surface area contributed by atoms with Crippen LogP contribution < -0.4 is 5.56 Å². The Labute approximate surface area is 166 Å². The van der Waals surface area contributed by atoms with Crippen LogP contribution in [-0.4, -0.2) is 24.8 Å². The number of aryl methyl sites for hydroxylation is 1. The van der Waals surface area contributed by atoms with Crippen LogP contribution in [0.2, 0.25) is 0 Å². The van der Waals surface area contributed by atoms with Crippen molar-refractivity contribution in [2.45, 2.75) is 19.3 Å². The Kier molecular flexibility index (Phi) is 4.61. The van der Waals surface area contributed by atoms with Crippen molar-refractivity contribution in [1.82, 2.24) is 4.98 Å². The third-order valence-corrected chi connectivity index (χ3v) is 6.65. The minimum atomic E-state index is -3.13. The highest BCUT2D eigenvalue weighted by atomic mass is 32.2. The van der Waals surface area contributed by atoms with Crippen molar-refractivity contribution < 1.29 is 13.5 Å². The molecule has 0 aliphatic rings. The van der Waals surface area contributed by atoms with Gasteiger partial charge in [-0.1, -0.05) is 24.3 Å². The number of H-pyrrole nitrogens is 1. The van der Waals surface area contributed by atoms with Crippen LogP contribution in [0.4, 0.5) is 0 Å². The van der Waals surface area contributed by atoms with E-state index >= 15 is 0 Å². The number of hydrogen-bond donors (Lipinski definition) is 2. The zero-order chi connectivity index (χ0) is 20.1. The molecular weight excluding hydrogens is 394 g/mol. The Morgan fingerprint density at radius 1 is 1.11 bits per heavy atom. The van der Waals surface area contributed by atoms with Crippen molar-refractivity contribution in [1.29, 1.82) is 0 Å². The molecule has 0 spiro atoms. The Hall–Kier alpha value is -2.48. The van der Waals surface area contributed by atoms with Crippen molar-refractivity contribution in [3.05, 3.63) is 68.8 Å². The summed E-state index contributed by atoms with van der Waals surface area (Å²) in [6, 6.07) is 11.2. The molecule has 2 aromatic heterocycles. The average Bonchev–Trinajstić information content (AvgIpc) is 3.12.